The molecule has 0 aliphatic carbocycles. The Kier molecular flexibility index (Phi) is 3.13. The summed E-state index contributed by atoms with van der Waals surface area (Å²) in [5.41, 5.74) is 1.26. The molecule has 1 aromatic heterocycles. The van der Waals surface area contributed by atoms with Gasteiger partial charge in [-0.15, -0.1) is 0 Å². The molecule has 1 aliphatic rings. The van der Waals surface area contributed by atoms with E-state index in [4.69, 9.17) is 9.26 Å². The van der Waals surface area contributed by atoms with Gasteiger partial charge in [0.1, 0.15) is 11.4 Å². The van der Waals surface area contributed by atoms with Crippen molar-refractivity contribution in [2.75, 3.05) is 11.3 Å². The van der Waals surface area contributed by atoms with Gasteiger partial charge >= 0.3 is 0 Å². The van der Waals surface area contributed by atoms with Gasteiger partial charge in [0, 0.05) is 0 Å². The predicted molar refractivity (Wildman–Crippen MR) is 72.3 cm³/mol. The van der Waals surface area contributed by atoms with E-state index in [2.05, 4.69) is 9.88 Å². The van der Waals surface area contributed by atoms with Crippen LogP contribution in [0.5, 0.6) is 5.75 Å². The molecule has 0 saturated carbocycles. The fraction of sp³-hybridized carbons (Fsp3) is 0.308. The summed E-state index contributed by atoms with van der Waals surface area (Å²) in [4.78, 5) is 0.211. The molecule has 20 heavy (non-hydrogen) atoms. The number of rotatable bonds is 3. The van der Waals surface area contributed by atoms with Crippen LogP contribution in [-0.2, 0) is 16.4 Å². The van der Waals surface area contributed by atoms with Crippen molar-refractivity contribution in [3.05, 3.63) is 35.7 Å². The largest absolute Gasteiger partial charge is 0.493 e. The van der Waals surface area contributed by atoms with Crippen LogP contribution in [-0.4, -0.2) is 20.2 Å². The van der Waals surface area contributed by atoms with Crippen molar-refractivity contribution in [1.82, 2.24) is 5.16 Å². The Morgan fingerprint density at radius 3 is 2.95 bits per heavy atom. The van der Waals surface area contributed by atoms with Gasteiger partial charge in [0.15, 0.2) is 5.76 Å². The molecule has 0 atom stereocenters. The molecule has 7 heteroatoms. The van der Waals surface area contributed by atoms with Gasteiger partial charge in [-0.25, -0.2) is 8.42 Å². The molecule has 1 aliphatic heterocycles. The van der Waals surface area contributed by atoms with Crippen LogP contribution < -0.4 is 9.46 Å². The number of aromatic nitrogens is 1. The number of fused-ring (bicyclic) bond motifs is 1. The van der Waals surface area contributed by atoms with Crippen molar-refractivity contribution in [3.63, 3.8) is 0 Å². The lowest BCUT2D eigenvalue weighted by Crippen LogP contribution is -2.15. The number of benzene rings is 1. The molecule has 0 amide bonds. The number of aryl methyl sites for hydroxylation is 2. The van der Waals surface area contributed by atoms with Crippen LogP contribution in [0, 0.1) is 6.92 Å². The van der Waals surface area contributed by atoms with Gasteiger partial charge in [-0.1, -0.05) is 5.16 Å². The third kappa shape index (κ3) is 2.36. The summed E-state index contributed by atoms with van der Waals surface area (Å²) in [7, 11) is -3.64. The van der Waals surface area contributed by atoms with Gasteiger partial charge < -0.3 is 9.26 Å². The minimum absolute atomic E-state index is 0.211. The fourth-order valence-electron chi connectivity index (χ4n) is 2.10. The quantitative estimate of drug-likeness (QED) is 0.937. The molecule has 0 spiro atoms. The summed E-state index contributed by atoms with van der Waals surface area (Å²) in [6.07, 6.45) is 3.06. The third-order valence-corrected chi connectivity index (χ3v) is 4.55. The molecular formula is C13H14N2O4S. The van der Waals surface area contributed by atoms with Crippen LogP contribution in [0.25, 0.3) is 0 Å². The average Bonchev–Trinajstić information content (AvgIpc) is 2.83. The Balaban J connectivity index is 1.93. The topological polar surface area (TPSA) is 81.4 Å². The highest BCUT2D eigenvalue weighted by molar-refractivity contribution is 7.92. The summed E-state index contributed by atoms with van der Waals surface area (Å²) < 4.78 is 37.4. The van der Waals surface area contributed by atoms with Crippen molar-refractivity contribution >= 4 is 15.7 Å². The summed E-state index contributed by atoms with van der Waals surface area (Å²) in [6, 6.07) is 4.89. The lowest BCUT2D eigenvalue weighted by molar-refractivity contribution is 0.288. The van der Waals surface area contributed by atoms with Crippen molar-refractivity contribution in [1.29, 1.82) is 0 Å². The van der Waals surface area contributed by atoms with Crippen LogP contribution in [0.1, 0.15) is 17.7 Å². The molecule has 2 heterocycles. The fourth-order valence-corrected chi connectivity index (χ4v) is 3.25. The second-order valence-electron chi connectivity index (χ2n) is 4.62. The zero-order chi connectivity index (χ0) is 14.2. The Bertz CT molecular complexity index is 737. The number of anilines is 1. The van der Waals surface area contributed by atoms with Crippen molar-refractivity contribution in [2.24, 2.45) is 0 Å². The van der Waals surface area contributed by atoms with E-state index in [-0.39, 0.29) is 4.90 Å². The smallest absolute Gasteiger partial charge is 0.262 e. The second kappa shape index (κ2) is 4.82. The molecule has 0 fully saturated rings. The molecule has 1 N–H and O–H groups in total. The van der Waals surface area contributed by atoms with E-state index in [9.17, 15) is 8.42 Å². The maximum absolute atomic E-state index is 12.3. The van der Waals surface area contributed by atoms with Crippen LogP contribution in [0.3, 0.4) is 0 Å². The first-order chi connectivity index (χ1) is 9.56. The maximum Gasteiger partial charge on any atom is 0.262 e. The monoisotopic (exact) mass is 294 g/mol. The SMILES string of the molecule is Cc1oncc1NS(=O)(=O)c1ccc2c(c1)CCCO2. The van der Waals surface area contributed by atoms with Crippen LogP contribution in [0.2, 0.25) is 0 Å². The highest BCUT2D eigenvalue weighted by atomic mass is 32.2. The molecule has 106 valence electrons. The van der Waals surface area contributed by atoms with E-state index >= 15 is 0 Å². The first-order valence-electron chi connectivity index (χ1n) is 6.26. The van der Waals surface area contributed by atoms with E-state index in [1.54, 1.807) is 19.1 Å². The van der Waals surface area contributed by atoms with Crippen LogP contribution in [0.15, 0.2) is 33.8 Å². The number of hydrogen-bond donors (Lipinski definition) is 1. The van der Waals surface area contributed by atoms with Gasteiger partial charge in [-0.05, 0) is 43.5 Å². The van der Waals surface area contributed by atoms with E-state index in [0.717, 1.165) is 24.2 Å². The van der Waals surface area contributed by atoms with Gasteiger partial charge in [0.05, 0.1) is 17.7 Å². The number of ether oxygens (including phenoxy) is 1. The number of nitrogens with zero attached hydrogens (tertiary/aromatic N) is 1. The number of hydrogen-bond acceptors (Lipinski definition) is 5. The Hall–Kier alpha value is -2.02. The first kappa shape index (κ1) is 13.0. The van der Waals surface area contributed by atoms with Crippen molar-refractivity contribution in [2.45, 2.75) is 24.7 Å². The van der Waals surface area contributed by atoms with E-state index in [1.807, 2.05) is 0 Å². The minimum Gasteiger partial charge on any atom is -0.493 e. The summed E-state index contributed by atoms with van der Waals surface area (Å²) in [5.74, 6) is 1.19. The van der Waals surface area contributed by atoms with Crippen molar-refractivity contribution < 1.29 is 17.7 Å². The molecule has 0 bridgehead atoms. The van der Waals surface area contributed by atoms with Crippen LogP contribution in [0.4, 0.5) is 5.69 Å². The molecule has 1 aromatic carbocycles. The summed E-state index contributed by atoms with van der Waals surface area (Å²) in [6.45, 7) is 2.32. The lowest BCUT2D eigenvalue weighted by Gasteiger charge is -2.18. The normalized spacial score (nSPS) is 14.4. The predicted octanol–water partition coefficient (Wildman–Crippen LogP) is 2.11. The van der Waals surface area contributed by atoms with Crippen molar-refractivity contribution in [3.8, 4) is 5.75 Å². The Morgan fingerprint density at radius 2 is 2.20 bits per heavy atom. The standard InChI is InChI=1S/C13H14N2O4S/c1-9-12(8-14-19-9)15-20(16,17)11-4-5-13-10(7-11)3-2-6-18-13/h4-5,7-8,15H,2-3,6H2,1H3. The summed E-state index contributed by atoms with van der Waals surface area (Å²) in [5, 5.41) is 3.55. The zero-order valence-corrected chi connectivity index (χ0v) is 11.7. The molecular weight excluding hydrogens is 280 g/mol. The molecule has 0 saturated heterocycles. The van der Waals surface area contributed by atoms with Gasteiger partial charge in [-0.2, -0.15) is 0 Å². The van der Waals surface area contributed by atoms with E-state index < -0.39 is 10.0 Å². The Labute approximate surface area is 116 Å². The van der Waals surface area contributed by atoms with Gasteiger partial charge in [0.2, 0.25) is 0 Å². The second-order valence-corrected chi connectivity index (χ2v) is 6.31. The number of sulfonamides is 1. The van der Waals surface area contributed by atoms with E-state index in [0.29, 0.717) is 18.1 Å². The molecule has 0 unspecified atom stereocenters. The van der Waals surface area contributed by atoms with Gasteiger partial charge in [0.25, 0.3) is 10.0 Å². The van der Waals surface area contributed by atoms with E-state index in [1.165, 1.54) is 12.3 Å². The zero-order valence-electron chi connectivity index (χ0n) is 10.9. The summed E-state index contributed by atoms with van der Waals surface area (Å²) >= 11 is 0. The minimum atomic E-state index is -3.64. The maximum atomic E-state index is 12.3. The molecule has 0 radical (unpaired) electrons. The highest BCUT2D eigenvalue weighted by Gasteiger charge is 2.20. The Morgan fingerprint density at radius 1 is 1.35 bits per heavy atom. The average molecular weight is 294 g/mol. The molecule has 6 nitrogen and oxygen atoms in total. The number of nitrogens with one attached hydrogen (secondary N) is 1. The van der Waals surface area contributed by atoms with Gasteiger partial charge in [-0.3, -0.25) is 4.72 Å². The third-order valence-electron chi connectivity index (χ3n) is 3.19. The first-order valence-corrected chi connectivity index (χ1v) is 7.74. The molecule has 3 rings (SSSR count). The highest BCUT2D eigenvalue weighted by Crippen LogP contribution is 2.28. The molecule has 2 aromatic rings. The lowest BCUT2D eigenvalue weighted by atomic mass is 10.1. The van der Waals surface area contributed by atoms with Crippen LogP contribution >= 0.6 is 0 Å².